The number of nitrogens with zero attached hydrogens (tertiary/aromatic N) is 1. The van der Waals surface area contributed by atoms with E-state index in [9.17, 15) is 4.79 Å². The van der Waals surface area contributed by atoms with Crippen LogP contribution in [0.2, 0.25) is 0 Å². The average molecular weight is 282 g/mol. The van der Waals surface area contributed by atoms with Crippen molar-refractivity contribution in [3.63, 3.8) is 0 Å². The molecule has 0 spiro atoms. The summed E-state index contributed by atoms with van der Waals surface area (Å²) in [5.41, 5.74) is 2.52. The zero-order valence-corrected chi connectivity index (χ0v) is 12.7. The van der Waals surface area contributed by atoms with Gasteiger partial charge in [-0.05, 0) is 37.8 Å². The molecule has 1 heterocycles. The summed E-state index contributed by atoms with van der Waals surface area (Å²) in [6.45, 7) is 4.17. The van der Waals surface area contributed by atoms with E-state index in [0.29, 0.717) is 12.0 Å². The summed E-state index contributed by atoms with van der Waals surface area (Å²) >= 11 is 0. The van der Waals surface area contributed by atoms with Crippen molar-refractivity contribution in [2.24, 2.45) is 5.92 Å². The molecule has 0 radical (unpaired) electrons. The summed E-state index contributed by atoms with van der Waals surface area (Å²) < 4.78 is 0. The molecule has 0 unspecified atom stereocenters. The van der Waals surface area contributed by atoms with Crippen LogP contribution in [0.15, 0.2) is 30.3 Å². The molecule has 0 aliphatic heterocycles. The van der Waals surface area contributed by atoms with Crippen molar-refractivity contribution in [3.8, 4) is 0 Å². The highest BCUT2D eigenvalue weighted by atomic mass is 16.1. The molecule has 1 aliphatic rings. The number of pyridine rings is 1. The topological polar surface area (TPSA) is 42.0 Å². The minimum atomic E-state index is 0.0375. The largest absolute Gasteiger partial charge is 0.349 e. The molecule has 1 amide bonds. The Balaban J connectivity index is 1.90. The quantitative estimate of drug-likeness (QED) is 0.909. The van der Waals surface area contributed by atoms with E-state index in [1.807, 2.05) is 37.3 Å². The van der Waals surface area contributed by atoms with Crippen molar-refractivity contribution < 1.29 is 4.79 Å². The number of nitrogens with one attached hydrogen (secondary N) is 1. The Morgan fingerprint density at radius 1 is 1.24 bits per heavy atom. The van der Waals surface area contributed by atoms with E-state index in [4.69, 9.17) is 0 Å². The molecule has 1 N–H and O–H groups in total. The number of carbonyl (C=O) groups is 1. The molecule has 1 fully saturated rings. The van der Waals surface area contributed by atoms with Gasteiger partial charge in [-0.1, -0.05) is 38.0 Å². The van der Waals surface area contributed by atoms with Crippen molar-refractivity contribution >= 4 is 16.8 Å². The average Bonchev–Trinajstić information content (AvgIpc) is 2.48. The van der Waals surface area contributed by atoms with E-state index < -0.39 is 0 Å². The van der Waals surface area contributed by atoms with Gasteiger partial charge in [-0.25, -0.2) is 0 Å². The van der Waals surface area contributed by atoms with Gasteiger partial charge in [-0.3, -0.25) is 9.78 Å². The maximum atomic E-state index is 12.7. The molecule has 1 aliphatic carbocycles. The summed E-state index contributed by atoms with van der Waals surface area (Å²) in [4.78, 5) is 17.2. The first kappa shape index (κ1) is 14.1. The Bertz CT molecular complexity index is 665. The number of amides is 1. The van der Waals surface area contributed by atoms with Gasteiger partial charge in [-0.15, -0.1) is 0 Å². The third-order valence-electron chi connectivity index (χ3n) is 4.52. The van der Waals surface area contributed by atoms with E-state index in [-0.39, 0.29) is 5.91 Å². The fraction of sp³-hybridized carbons (Fsp3) is 0.444. The van der Waals surface area contributed by atoms with Crippen molar-refractivity contribution in [2.45, 2.75) is 45.6 Å². The fourth-order valence-electron chi connectivity index (χ4n) is 3.27. The number of benzene rings is 1. The summed E-state index contributed by atoms with van der Waals surface area (Å²) in [5.74, 6) is 0.604. The van der Waals surface area contributed by atoms with Crippen molar-refractivity contribution in [1.82, 2.24) is 10.3 Å². The van der Waals surface area contributed by atoms with Gasteiger partial charge in [0, 0.05) is 17.1 Å². The van der Waals surface area contributed by atoms with E-state index in [1.54, 1.807) is 0 Å². The van der Waals surface area contributed by atoms with Crippen LogP contribution in [0, 0.1) is 12.8 Å². The second-order valence-electron chi connectivity index (χ2n) is 6.17. The van der Waals surface area contributed by atoms with Crippen LogP contribution in [-0.4, -0.2) is 16.9 Å². The van der Waals surface area contributed by atoms with Crippen LogP contribution < -0.4 is 5.32 Å². The van der Waals surface area contributed by atoms with Crippen LogP contribution in [-0.2, 0) is 0 Å². The second kappa shape index (κ2) is 5.84. The Hall–Kier alpha value is -1.90. The van der Waals surface area contributed by atoms with E-state index in [1.165, 1.54) is 19.3 Å². The van der Waals surface area contributed by atoms with Gasteiger partial charge in [0.2, 0.25) is 0 Å². The maximum absolute atomic E-state index is 12.7. The standard InChI is InChI=1S/C18H22N2O/c1-12-7-3-5-9-16(12)20-18(21)15-11-13(2)19-17-10-6-4-8-14(15)17/h4,6,8,10-12,16H,3,5,7,9H2,1-2H3,(H,20,21)/t12-,16-/m1/s1. The molecule has 21 heavy (non-hydrogen) atoms. The number of hydrogen-bond acceptors (Lipinski definition) is 2. The lowest BCUT2D eigenvalue weighted by Gasteiger charge is -2.29. The van der Waals surface area contributed by atoms with Crippen molar-refractivity contribution in [3.05, 3.63) is 41.6 Å². The van der Waals surface area contributed by atoms with Gasteiger partial charge in [0.1, 0.15) is 0 Å². The molecule has 0 saturated heterocycles. The summed E-state index contributed by atoms with van der Waals surface area (Å²) in [6.07, 6.45) is 4.80. The van der Waals surface area contributed by atoms with Crippen LogP contribution in [0.25, 0.3) is 10.9 Å². The molecular weight excluding hydrogens is 260 g/mol. The minimum absolute atomic E-state index is 0.0375. The van der Waals surface area contributed by atoms with E-state index in [0.717, 1.165) is 28.6 Å². The fourth-order valence-corrected chi connectivity index (χ4v) is 3.27. The predicted octanol–water partition coefficient (Wildman–Crippen LogP) is 3.85. The maximum Gasteiger partial charge on any atom is 0.252 e. The number of aryl methyl sites for hydroxylation is 1. The second-order valence-corrected chi connectivity index (χ2v) is 6.17. The van der Waals surface area contributed by atoms with Gasteiger partial charge in [0.15, 0.2) is 0 Å². The molecule has 1 aromatic heterocycles. The lowest BCUT2D eigenvalue weighted by Crippen LogP contribution is -2.41. The highest BCUT2D eigenvalue weighted by molar-refractivity contribution is 6.06. The minimum Gasteiger partial charge on any atom is -0.349 e. The normalized spacial score (nSPS) is 22.2. The number of para-hydroxylation sites is 1. The third kappa shape index (κ3) is 2.92. The lowest BCUT2D eigenvalue weighted by molar-refractivity contribution is 0.0912. The molecule has 3 heteroatoms. The number of fused-ring (bicyclic) bond motifs is 1. The highest BCUT2D eigenvalue weighted by Crippen LogP contribution is 2.25. The molecule has 3 rings (SSSR count). The first-order valence-corrected chi connectivity index (χ1v) is 7.82. The lowest BCUT2D eigenvalue weighted by atomic mass is 9.86. The van der Waals surface area contributed by atoms with Crippen LogP contribution in [0.3, 0.4) is 0 Å². The molecule has 3 nitrogen and oxygen atoms in total. The first-order valence-electron chi connectivity index (χ1n) is 7.82. The molecule has 2 atom stereocenters. The van der Waals surface area contributed by atoms with E-state index in [2.05, 4.69) is 17.2 Å². The Morgan fingerprint density at radius 3 is 2.81 bits per heavy atom. The first-order chi connectivity index (χ1) is 10.1. The van der Waals surface area contributed by atoms with Crippen LogP contribution >= 0.6 is 0 Å². The Kier molecular flexibility index (Phi) is 3.91. The van der Waals surface area contributed by atoms with Gasteiger partial charge < -0.3 is 5.32 Å². The molecule has 2 aromatic rings. The zero-order valence-electron chi connectivity index (χ0n) is 12.7. The van der Waals surface area contributed by atoms with E-state index >= 15 is 0 Å². The molecule has 1 aromatic carbocycles. The van der Waals surface area contributed by atoms with Crippen molar-refractivity contribution in [1.29, 1.82) is 0 Å². The summed E-state index contributed by atoms with van der Waals surface area (Å²) in [5, 5.41) is 4.17. The summed E-state index contributed by atoms with van der Waals surface area (Å²) in [6, 6.07) is 10.0. The van der Waals surface area contributed by atoms with Crippen LogP contribution in [0.5, 0.6) is 0 Å². The molecule has 110 valence electrons. The van der Waals surface area contributed by atoms with Crippen molar-refractivity contribution in [2.75, 3.05) is 0 Å². The predicted molar refractivity (Wildman–Crippen MR) is 85.4 cm³/mol. The number of hydrogen-bond donors (Lipinski definition) is 1. The molecule has 1 saturated carbocycles. The number of aromatic nitrogens is 1. The van der Waals surface area contributed by atoms with Gasteiger partial charge in [0.05, 0.1) is 11.1 Å². The van der Waals surface area contributed by atoms with Crippen LogP contribution in [0.1, 0.15) is 48.7 Å². The smallest absolute Gasteiger partial charge is 0.252 e. The Labute approximate surface area is 125 Å². The number of rotatable bonds is 2. The SMILES string of the molecule is Cc1cc(C(=O)N[C@@H]2CCCC[C@H]2C)c2ccccc2n1. The Morgan fingerprint density at radius 2 is 2.00 bits per heavy atom. The van der Waals surface area contributed by atoms with Gasteiger partial charge in [0.25, 0.3) is 5.91 Å². The van der Waals surface area contributed by atoms with Crippen LogP contribution in [0.4, 0.5) is 0 Å². The monoisotopic (exact) mass is 282 g/mol. The summed E-state index contributed by atoms with van der Waals surface area (Å²) in [7, 11) is 0. The zero-order chi connectivity index (χ0) is 14.8. The van der Waals surface area contributed by atoms with Gasteiger partial charge in [-0.2, -0.15) is 0 Å². The number of carbonyl (C=O) groups excluding carboxylic acids is 1. The molecular formula is C18H22N2O. The highest BCUT2D eigenvalue weighted by Gasteiger charge is 2.24. The third-order valence-corrected chi connectivity index (χ3v) is 4.52. The molecule has 0 bridgehead atoms. The van der Waals surface area contributed by atoms with Gasteiger partial charge >= 0.3 is 0 Å².